The number of rotatable bonds is 4. The number of hydrogen-bond donors (Lipinski definition) is 1. The van der Waals surface area contributed by atoms with Crippen LogP contribution in [-0.2, 0) is 0 Å². The van der Waals surface area contributed by atoms with Crippen molar-refractivity contribution in [1.29, 1.82) is 5.26 Å². The van der Waals surface area contributed by atoms with Gasteiger partial charge in [-0.3, -0.25) is 9.78 Å². The number of benzene rings is 2. The second-order valence-corrected chi connectivity index (χ2v) is 6.76. The highest BCUT2D eigenvalue weighted by Gasteiger charge is 2.21. The van der Waals surface area contributed by atoms with Crippen LogP contribution in [0.4, 0.5) is 11.6 Å². The largest absolute Gasteiger partial charge is 0.497 e. The summed E-state index contributed by atoms with van der Waals surface area (Å²) in [7, 11) is 1.66. The maximum atomic E-state index is 12.5. The van der Waals surface area contributed by atoms with E-state index in [1.54, 1.807) is 7.11 Å². The van der Waals surface area contributed by atoms with Gasteiger partial charge in [-0.1, -0.05) is 30.3 Å². The highest BCUT2D eigenvalue weighted by molar-refractivity contribution is 5.67. The van der Waals surface area contributed by atoms with Crippen molar-refractivity contribution in [1.82, 2.24) is 9.97 Å². The number of H-pyrrole nitrogens is 1. The Bertz CT molecular complexity index is 1080. The van der Waals surface area contributed by atoms with Gasteiger partial charge in [0.15, 0.2) is 0 Å². The van der Waals surface area contributed by atoms with Crippen LogP contribution >= 0.6 is 0 Å². The average Bonchev–Trinajstić information content (AvgIpc) is 2.79. The number of nitriles is 1. The standard InChI is InChI=1S/C22H21N5O2/c1-29-18-9-7-17(8-10-18)26-11-13-27(14-12-26)22-24-20(16-5-3-2-4-6-16)19(15-23)21(28)25-22/h2-10H,11-14H2,1H3,(H,24,25,28). The molecule has 1 N–H and O–H groups in total. The van der Waals surface area contributed by atoms with Crippen molar-refractivity contribution in [2.45, 2.75) is 0 Å². The van der Waals surface area contributed by atoms with Gasteiger partial charge in [-0.2, -0.15) is 5.26 Å². The summed E-state index contributed by atoms with van der Waals surface area (Å²) < 4.78 is 5.22. The average molecular weight is 387 g/mol. The van der Waals surface area contributed by atoms with Crippen molar-refractivity contribution < 1.29 is 4.74 Å². The van der Waals surface area contributed by atoms with Crippen molar-refractivity contribution in [2.24, 2.45) is 0 Å². The van der Waals surface area contributed by atoms with Crippen LogP contribution in [0, 0.1) is 11.3 Å². The molecule has 3 aromatic rings. The molecule has 0 atom stereocenters. The van der Waals surface area contributed by atoms with E-state index in [-0.39, 0.29) is 5.56 Å². The molecule has 0 spiro atoms. The molecule has 0 bridgehead atoms. The van der Waals surface area contributed by atoms with Gasteiger partial charge < -0.3 is 14.5 Å². The maximum Gasteiger partial charge on any atom is 0.270 e. The zero-order chi connectivity index (χ0) is 20.2. The molecule has 2 heterocycles. The number of anilines is 2. The molecule has 0 aliphatic carbocycles. The highest BCUT2D eigenvalue weighted by atomic mass is 16.5. The van der Waals surface area contributed by atoms with Crippen LogP contribution in [0.3, 0.4) is 0 Å². The van der Waals surface area contributed by atoms with Gasteiger partial charge in [0.05, 0.1) is 12.8 Å². The van der Waals surface area contributed by atoms with E-state index in [1.807, 2.05) is 60.7 Å². The molecule has 1 aliphatic heterocycles. The smallest absolute Gasteiger partial charge is 0.270 e. The number of piperazine rings is 1. The summed E-state index contributed by atoms with van der Waals surface area (Å²) in [5.41, 5.74) is 1.94. The Labute approximate surface area is 168 Å². The lowest BCUT2D eigenvalue weighted by molar-refractivity contribution is 0.415. The van der Waals surface area contributed by atoms with Crippen LogP contribution in [0.5, 0.6) is 5.75 Å². The normalized spacial score (nSPS) is 13.8. The van der Waals surface area contributed by atoms with E-state index in [0.717, 1.165) is 43.2 Å². The van der Waals surface area contributed by atoms with Crippen LogP contribution in [0.15, 0.2) is 59.4 Å². The zero-order valence-electron chi connectivity index (χ0n) is 16.1. The number of ether oxygens (including phenoxy) is 1. The first-order chi connectivity index (χ1) is 14.2. The monoisotopic (exact) mass is 387 g/mol. The number of hydrogen-bond acceptors (Lipinski definition) is 6. The topological polar surface area (TPSA) is 85.2 Å². The summed E-state index contributed by atoms with van der Waals surface area (Å²) in [5.74, 6) is 1.34. The first-order valence-corrected chi connectivity index (χ1v) is 9.43. The third-order valence-corrected chi connectivity index (χ3v) is 5.08. The van der Waals surface area contributed by atoms with E-state index in [9.17, 15) is 10.1 Å². The fourth-order valence-electron chi connectivity index (χ4n) is 3.49. The second kappa shape index (κ2) is 8.07. The number of nitrogens with zero attached hydrogens (tertiary/aromatic N) is 4. The highest BCUT2D eigenvalue weighted by Crippen LogP contribution is 2.23. The van der Waals surface area contributed by atoms with E-state index in [0.29, 0.717) is 11.6 Å². The summed E-state index contributed by atoms with van der Waals surface area (Å²) in [6.45, 7) is 3.04. The van der Waals surface area contributed by atoms with Gasteiger partial charge in [0.1, 0.15) is 17.4 Å². The summed E-state index contributed by atoms with van der Waals surface area (Å²) in [6, 6.07) is 19.3. The third kappa shape index (κ3) is 3.78. The summed E-state index contributed by atoms with van der Waals surface area (Å²) in [4.78, 5) is 24.2. The predicted molar refractivity (Wildman–Crippen MR) is 112 cm³/mol. The minimum Gasteiger partial charge on any atom is -0.497 e. The lowest BCUT2D eigenvalue weighted by Gasteiger charge is -2.36. The minimum atomic E-state index is -0.408. The van der Waals surface area contributed by atoms with Crippen LogP contribution in [0.2, 0.25) is 0 Å². The van der Waals surface area contributed by atoms with E-state index in [1.165, 1.54) is 0 Å². The van der Waals surface area contributed by atoms with Crippen molar-refractivity contribution >= 4 is 11.6 Å². The second-order valence-electron chi connectivity index (χ2n) is 6.76. The summed E-state index contributed by atoms with van der Waals surface area (Å²) >= 11 is 0. The molecule has 7 heteroatoms. The molecule has 29 heavy (non-hydrogen) atoms. The summed E-state index contributed by atoms with van der Waals surface area (Å²) in [5, 5.41) is 9.42. The number of aromatic nitrogens is 2. The Morgan fingerprint density at radius 2 is 1.66 bits per heavy atom. The molecular weight excluding hydrogens is 366 g/mol. The van der Waals surface area contributed by atoms with Crippen molar-refractivity contribution in [3.63, 3.8) is 0 Å². The zero-order valence-corrected chi connectivity index (χ0v) is 16.1. The Morgan fingerprint density at radius 1 is 1.00 bits per heavy atom. The minimum absolute atomic E-state index is 0.0387. The molecule has 1 fully saturated rings. The molecule has 2 aromatic carbocycles. The Hall–Kier alpha value is -3.79. The molecule has 1 saturated heterocycles. The quantitative estimate of drug-likeness (QED) is 0.741. The van der Waals surface area contributed by atoms with Gasteiger partial charge in [-0.15, -0.1) is 0 Å². The molecule has 0 amide bonds. The Kier molecular flexibility index (Phi) is 5.16. The lowest BCUT2D eigenvalue weighted by Crippen LogP contribution is -2.47. The van der Waals surface area contributed by atoms with Crippen molar-refractivity contribution in [3.8, 4) is 23.1 Å². The van der Waals surface area contributed by atoms with Gasteiger partial charge in [0.2, 0.25) is 5.95 Å². The molecular formula is C22H21N5O2. The molecule has 146 valence electrons. The molecule has 1 aromatic heterocycles. The SMILES string of the molecule is COc1ccc(N2CCN(c3nc(-c4ccccc4)c(C#N)c(=O)[nH]3)CC2)cc1. The van der Waals surface area contributed by atoms with Crippen LogP contribution in [0.25, 0.3) is 11.3 Å². The fourth-order valence-corrected chi connectivity index (χ4v) is 3.49. The van der Waals surface area contributed by atoms with Crippen LogP contribution in [-0.4, -0.2) is 43.3 Å². The molecule has 4 rings (SSSR count). The predicted octanol–water partition coefficient (Wildman–Crippen LogP) is 2.64. The van der Waals surface area contributed by atoms with Gasteiger partial charge in [-0.25, -0.2) is 4.98 Å². The molecule has 1 aliphatic rings. The molecule has 0 unspecified atom stereocenters. The lowest BCUT2D eigenvalue weighted by atomic mass is 10.1. The van der Waals surface area contributed by atoms with Gasteiger partial charge in [0.25, 0.3) is 5.56 Å². The number of nitrogens with one attached hydrogen (secondary N) is 1. The summed E-state index contributed by atoms with van der Waals surface area (Å²) in [6.07, 6.45) is 0. The molecule has 0 radical (unpaired) electrons. The van der Waals surface area contributed by atoms with Crippen LogP contribution < -0.4 is 20.1 Å². The van der Waals surface area contributed by atoms with E-state index >= 15 is 0 Å². The third-order valence-electron chi connectivity index (χ3n) is 5.08. The van der Waals surface area contributed by atoms with Crippen molar-refractivity contribution in [3.05, 3.63) is 70.5 Å². The van der Waals surface area contributed by atoms with Crippen LogP contribution in [0.1, 0.15) is 5.56 Å². The van der Waals surface area contributed by atoms with Crippen molar-refractivity contribution in [2.75, 3.05) is 43.1 Å². The Balaban J connectivity index is 1.56. The van der Waals surface area contributed by atoms with E-state index in [2.05, 4.69) is 19.8 Å². The van der Waals surface area contributed by atoms with Gasteiger partial charge in [-0.05, 0) is 24.3 Å². The maximum absolute atomic E-state index is 12.5. The Morgan fingerprint density at radius 3 is 2.28 bits per heavy atom. The number of aromatic amines is 1. The van der Waals surface area contributed by atoms with E-state index < -0.39 is 5.56 Å². The van der Waals surface area contributed by atoms with Gasteiger partial charge in [0, 0.05) is 37.4 Å². The molecule has 0 saturated carbocycles. The first kappa shape index (κ1) is 18.6. The van der Waals surface area contributed by atoms with E-state index in [4.69, 9.17) is 4.74 Å². The number of methoxy groups -OCH3 is 1. The fraction of sp³-hybridized carbons (Fsp3) is 0.227. The van der Waals surface area contributed by atoms with Gasteiger partial charge >= 0.3 is 0 Å². The molecule has 7 nitrogen and oxygen atoms in total. The first-order valence-electron chi connectivity index (χ1n) is 9.43.